The Hall–Kier alpha value is -1.88. The van der Waals surface area contributed by atoms with Crippen molar-refractivity contribution in [2.75, 3.05) is 6.54 Å². The summed E-state index contributed by atoms with van der Waals surface area (Å²) in [5.41, 5.74) is 0.0294. The smallest absolute Gasteiger partial charge is 0.256 e. The van der Waals surface area contributed by atoms with Crippen molar-refractivity contribution in [1.29, 1.82) is 0 Å². The molecule has 0 saturated heterocycles. The lowest BCUT2D eigenvalue weighted by Crippen LogP contribution is -2.25. The number of hydrogen-bond donors (Lipinski definition) is 1. The predicted molar refractivity (Wildman–Crippen MR) is 66.8 cm³/mol. The Morgan fingerprint density at radius 3 is 2.94 bits per heavy atom. The number of nitrogens with zero attached hydrogens (tertiary/aromatic N) is 2. The molecule has 0 atom stereocenters. The van der Waals surface area contributed by atoms with Gasteiger partial charge in [0.25, 0.3) is 5.56 Å². The van der Waals surface area contributed by atoms with Crippen molar-refractivity contribution in [3.8, 4) is 0 Å². The van der Waals surface area contributed by atoms with Gasteiger partial charge in [0.15, 0.2) is 0 Å². The second kappa shape index (κ2) is 4.97. The lowest BCUT2D eigenvalue weighted by atomic mass is 10.2. The fraction of sp³-hybridized carbons (Fsp3) is 0.333. The molecule has 0 unspecified atom stereocenters. The maximum absolute atomic E-state index is 11.8. The third kappa shape index (κ3) is 2.29. The highest BCUT2D eigenvalue weighted by molar-refractivity contribution is 5.77. The van der Waals surface area contributed by atoms with E-state index in [0.29, 0.717) is 22.2 Å². The minimum atomic E-state index is -0.538. The molecule has 1 aromatic carbocycles. The molecule has 5 heteroatoms. The summed E-state index contributed by atoms with van der Waals surface area (Å²) in [4.78, 5) is 16.0. The molecule has 17 heavy (non-hydrogen) atoms. The van der Waals surface area contributed by atoms with E-state index in [1.54, 1.807) is 24.3 Å². The lowest BCUT2D eigenvalue weighted by Gasteiger charge is -2.16. The van der Waals surface area contributed by atoms with Crippen molar-refractivity contribution in [2.45, 2.75) is 19.9 Å². The average Bonchev–Trinajstić information content (AvgIpc) is 2.35. The Kier molecular flexibility index (Phi) is 3.39. The second-order valence-electron chi connectivity index (χ2n) is 3.82. The summed E-state index contributed by atoms with van der Waals surface area (Å²) in [7, 11) is 0. The van der Waals surface area contributed by atoms with Gasteiger partial charge in [-0.05, 0) is 25.1 Å². The van der Waals surface area contributed by atoms with Crippen molar-refractivity contribution >= 4 is 10.9 Å². The zero-order chi connectivity index (χ0) is 12.3. The van der Waals surface area contributed by atoms with Gasteiger partial charge in [-0.1, -0.05) is 19.1 Å². The molecule has 0 amide bonds. The first-order valence-corrected chi connectivity index (χ1v) is 5.63. The number of hydrogen-bond acceptors (Lipinski definition) is 4. The van der Waals surface area contributed by atoms with E-state index in [0.717, 1.165) is 13.0 Å². The number of fused-ring (bicyclic) bond motifs is 1. The Labute approximate surface area is 98.7 Å². The summed E-state index contributed by atoms with van der Waals surface area (Å²) in [6.45, 7) is 3.14. The van der Waals surface area contributed by atoms with Gasteiger partial charge in [0.05, 0.1) is 17.4 Å². The van der Waals surface area contributed by atoms with Crippen molar-refractivity contribution in [3.63, 3.8) is 0 Å². The van der Waals surface area contributed by atoms with Crippen LogP contribution in [0.3, 0.4) is 0 Å². The molecule has 0 spiro atoms. The van der Waals surface area contributed by atoms with E-state index in [9.17, 15) is 10.0 Å². The van der Waals surface area contributed by atoms with Crippen LogP contribution < -0.4 is 10.9 Å². The molecule has 1 N–H and O–H groups in total. The Morgan fingerprint density at radius 1 is 1.41 bits per heavy atom. The molecular weight excluding hydrogens is 218 g/mol. The molecule has 0 aliphatic rings. The van der Waals surface area contributed by atoms with Gasteiger partial charge < -0.3 is 15.3 Å². The van der Waals surface area contributed by atoms with Crippen LogP contribution in [0.1, 0.15) is 19.2 Å². The molecule has 1 aromatic heterocycles. The molecule has 0 aliphatic heterocycles. The van der Waals surface area contributed by atoms with E-state index in [4.69, 9.17) is 0 Å². The number of benzene rings is 1. The van der Waals surface area contributed by atoms with Gasteiger partial charge in [-0.2, -0.15) is 0 Å². The van der Waals surface area contributed by atoms with Crippen LogP contribution in [0.2, 0.25) is 0 Å². The summed E-state index contributed by atoms with van der Waals surface area (Å²) in [6, 6.07) is 6.87. The van der Waals surface area contributed by atoms with Crippen LogP contribution in [0.5, 0.6) is 0 Å². The molecular formula is C12H14N3O2-. The number of nitrogens with one attached hydrogen (secondary N) is 1. The Balaban J connectivity index is 2.43. The normalized spacial score (nSPS) is 10.9. The minimum absolute atomic E-state index is 0.224. The highest BCUT2D eigenvalue weighted by atomic mass is 16.5. The van der Waals surface area contributed by atoms with Crippen molar-refractivity contribution in [2.24, 2.45) is 0 Å². The molecule has 2 aromatic rings. The summed E-state index contributed by atoms with van der Waals surface area (Å²) in [5, 5.41) is 15.1. The molecule has 0 fully saturated rings. The van der Waals surface area contributed by atoms with Gasteiger partial charge in [-0.15, -0.1) is 0 Å². The predicted octanol–water partition coefficient (Wildman–Crippen LogP) is 1.24. The second-order valence-corrected chi connectivity index (χ2v) is 3.82. The van der Waals surface area contributed by atoms with Crippen LogP contribution in [0.25, 0.3) is 10.9 Å². The van der Waals surface area contributed by atoms with Crippen molar-refractivity contribution < 1.29 is 0 Å². The van der Waals surface area contributed by atoms with Crippen LogP contribution in [0.15, 0.2) is 29.1 Å². The maximum atomic E-state index is 11.8. The number of aromatic nitrogens is 2. The van der Waals surface area contributed by atoms with Gasteiger partial charge in [0.1, 0.15) is 5.82 Å². The van der Waals surface area contributed by atoms with E-state index in [1.807, 2.05) is 6.92 Å². The Bertz CT molecular complexity index is 577. The van der Waals surface area contributed by atoms with Gasteiger partial charge in [-0.25, -0.2) is 4.98 Å². The average molecular weight is 232 g/mol. The zero-order valence-electron chi connectivity index (χ0n) is 9.64. The summed E-state index contributed by atoms with van der Waals surface area (Å²) >= 11 is 0. The molecule has 1 heterocycles. The zero-order valence-corrected chi connectivity index (χ0v) is 9.64. The van der Waals surface area contributed by atoms with E-state index >= 15 is 0 Å². The van der Waals surface area contributed by atoms with Crippen LogP contribution in [-0.4, -0.2) is 16.3 Å². The first-order valence-electron chi connectivity index (χ1n) is 5.63. The highest BCUT2D eigenvalue weighted by Crippen LogP contribution is 2.06. The third-order valence-electron chi connectivity index (χ3n) is 2.51. The molecule has 0 radical (unpaired) electrons. The van der Waals surface area contributed by atoms with E-state index in [-0.39, 0.29) is 5.82 Å². The summed E-state index contributed by atoms with van der Waals surface area (Å²) < 4.78 is 0.366. The highest BCUT2D eigenvalue weighted by Gasteiger charge is 2.04. The SMILES string of the molecule is CCCNCc1nc2ccccc2c(=O)n1[O-]. The van der Waals surface area contributed by atoms with E-state index in [2.05, 4.69) is 10.3 Å². The third-order valence-corrected chi connectivity index (χ3v) is 2.51. The lowest BCUT2D eigenvalue weighted by molar-refractivity contribution is 0.634. The summed E-state index contributed by atoms with van der Waals surface area (Å²) in [5.74, 6) is 0.224. The monoisotopic (exact) mass is 232 g/mol. The van der Waals surface area contributed by atoms with Crippen LogP contribution in [0.4, 0.5) is 0 Å². The Morgan fingerprint density at radius 2 is 2.18 bits per heavy atom. The largest absolute Gasteiger partial charge is 0.802 e. The topological polar surface area (TPSA) is 70.0 Å². The maximum Gasteiger partial charge on any atom is 0.256 e. The van der Waals surface area contributed by atoms with Gasteiger partial charge in [0, 0.05) is 0 Å². The quantitative estimate of drug-likeness (QED) is 0.805. The van der Waals surface area contributed by atoms with Crippen LogP contribution in [-0.2, 0) is 6.54 Å². The number of para-hydroxylation sites is 1. The van der Waals surface area contributed by atoms with Gasteiger partial charge >= 0.3 is 0 Å². The van der Waals surface area contributed by atoms with Crippen molar-refractivity contribution in [3.05, 3.63) is 45.7 Å². The van der Waals surface area contributed by atoms with E-state index in [1.165, 1.54) is 0 Å². The minimum Gasteiger partial charge on any atom is -0.802 e. The fourth-order valence-electron chi connectivity index (χ4n) is 1.65. The molecule has 0 bridgehead atoms. The standard InChI is InChI=1S/C12H14N3O2/c1-2-7-13-8-11-14-10-6-4-3-5-9(10)12(16)15(11)17/h3-6,13H,2,7-8H2,1H3/q-1. The van der Waals surface area contributed by atoms with Gasteiger partial charge in [-0.3, -0.25) is 4.79 Å². The summed E-state index contributed by atoms with van der Waals surface area (Å²) in [6.07, 6.45) is 0.969. The molecule has 0 saturated carbocycles. The fourth-order valence-corrected chi connectivity index (χ4v) is 1.65. The molecule has 2 rings (SSSR count). The number of rotatable bonds is 4. The molecule has 5 nitrogen and oxygen atoms in total. The van der Waals surface area contributed by atoms with Gasteiger partial charge in [0.2, 0.25) is 0 Å². The van der Waals surface area contributed by atoms with E-state index < -0.39 is 5.56 Å². The molecule has 90 valence electrons. The van der Waals surface area contributed by atoms with Crippen molar-refractivity contribution in [1.82, 2.24) is 15.0 Å². The first kappa shape index (κ1) is 11.6. The first-order chi connectivity index (χ1) is 8.24. The molecule has 0 aliphatic carbocycles. The van der Waals surface area contributed by atoms with Crippen LogP contribution >= 0.6 is 0 Å². The van der Waals surface area contributed by atoms with Crippen LogP contribution in [0, 0.1) is 5.21 Å².